The molecule has 4 nitrogen and oxygen atoms in total. The van der Waals surface area contributed by atoms with Gasteiger partial charge in [-0.15, -0.1) is 5.92 Å². The zero-order valence-electron chi connectivity index (χ0n) is 16.0. The zero-order chi connectivity index (χ0) is 19.3. The maximum absolute atomic E-state index is 10.7. The normalized spacial score (nSPS) is 10.7. The van der Waals surface area contributed by atoms with E-state index in [-0.39, 0.29) is 11.5 Å². The van der Waals surface area contributed by atoms with Crippen molar-refractivity contribution in [3.05, 3.63) is 57.6 Å². The van der Waals surface area contributed by atoms with Gasteiger partial charge in [-0.25, -0.2) is 0 Å². The summed E-state index contributed by atoms with van der Waals surface area (Å²) in [5, 5.41) is 21.3. The molecule has 2 N–H and O–H groups in total. The molecular weight excluding hydrogens is 328 g/mol. The van der Waals surface area contributed by atoms with Gasteiger partial charge in [0.25, 0.3) is 0 Å². The third-order valence-corrected chi connectivity index (χ3v) is 4.31. The lowest BCUT2D eigenvalue weighted by Crippen LogP contribution is -2.04. The summed E-state index contributed by atoms with van der Waals surface area (Å²) in [5.41, 5.74) is 4.73. The smallest absolute Gasteiger partial charge is 0.123 e. The summed E-state index contributed by atoms with van der Waals surface area (Å²) in [6.07, 6.45) is 0. The first-order chi connectivity index (χ1) is 12.4. The third kappa shape index (κ3) is 4.19. The Kier molecular flexibility index (Phi) is 6.68. The van der Waals surface area contributed by atoms with E-state index in [2.05, 4.69) is 11.8 Å². The monoisotopic (exact) mass is 354 g/mol. The fourth-order valence-electron chi connectivity index (χ4n) is 3.18. The Hall–Kier alpha value is -2.48. The first kappa shape index (κ1) is 19.8. The number of aromatic hydroxyl groups is 2. The van der Waals surface area contributed by atoms with Gasteiger partial charge in [0.05, 0.1) is 19.1 Å². The van der Waals surface area contributed by atoms with E-state index >= 15 is 0 Å². The summed E-state index contributed by atoms with van der Waals surface area (Å²) < 4.78 is 10.5. The molecule has 0 aliphatic carbocycles. The fourth-order valence-corrected chi connectivity index (χ4v) is 3.18. The lowest BCUT2D eigenvalue weighted by Gasteiger charge is -2.19. The van der Waals surface area contributed by atoms with Crippen LogP contribution in [-0.4, -0.2) is 24.4 Å². The van der Waals surface area contributed by atoms with E-state index in [4.69, 9.17) is 9.47 Å². The molecule has 2 aromatic rings. The summed E-state index contributed by atoms with van der Waals surface area (Å²) in [4.78, 5) is 0. The number of rotatable bonds is 6. The number of hydrogen-bond donors (Lipinski definition) is 2. The van der Waals surface area contributed by atoms with Crippen molar-refractivity contribution in [2.24, 2.45) is 0 Å². The highest BCUT2D eigenvalue weighted by Crippen LogP contribution is 2.39. The third-order valence-electron chi connectivity index (χ3n) is 4.31. The van der Waals surface area contributed by atoms with E-state index in [0.29, 0.717) is 24.3 Å². The standard InChI is InChI=1S/C22H26O4/c1-6-7-18(19-10-16(12-25-4)8-14(2)21(19)23)20-11-17(13-26-5)9-15(3)22(20)24/h8-11,18,23-24H,12-13H2,1-5H3. The summed E-state index contributed by atoms with van der Waals surface area (Å²) in [6.45, 7) is 6.32. The van der Waals surface area contributed by atoms with Crippen LogP contribution in [0.15, 0.2) is 24.3 Å². The molecular formula is C22H26O4. The number of phenols is 2. The first-order valence-corrected chi connectivity index (χ1v) is 8.47. The van der Waals surface area contributed by atoms with Gasteiger partial charge in [-0.1, -0.05) is 18.1 Å². The van der Waals surface area contributed by atoms with E-state index < -0.39 is 5.92 Å². The van der Waals surface area contributed by atoms with E-state index in [1.165, 1.54) is 0 Å². The second-order valence-corrected chi connectivity index (χ2v) is 6.39. The van der Waals surface area contributed by atoms with Crippen LogP contribution in [0.3, 0.4) is 0 Å². The molecule has 0 radical (unpaired) electrons. The molecule has 0 amide bonds. The molecule has 0 spiro atoms. The minimum Gasteiger partial charge on any atom is -0.507 e. The van der Waals surface area contributed by atoms with Crippen LogP contribution in [0.1, 0.15) is 46.2 Å². The molecule has 4 heteroatoms. The number of hydrogen-bond acceptors (Lipinski definition) is 4. The minimum atomic E-state index is -0.453. The highest BCUT2D eigenvalue weighted by molar-refractivity contribution is 5.56. The van der Waals surface area contributed by atoms with Gasteiger partial charge < -0.3 is 19.7 Å². The van der Waals surface area contributed by atoms with Crippen molar-refractivity contribution >= 4 is 0 Å². The molecule has 2 aromatic carbocycles. The summed E-state index contributed by atoms with van der Waals surface area (Å²) >= 11 is 0. The van der Waals surface area contributed by atoms with E-state index in [1.807, 2.05) is 38.1 Å². The molecule has 0 aliphatic rings. The van der Waals surface area contributed by atoms with Gasteiger partial charge in [-0.05, 0) is 55.2 Å². The van der Waals surface area contributed by atoms with Crippen molar-refractivity contribution in [2.75, 3.05) is 14.2 Å². The summed E-state index contributed by atoms with van der Waals surface area (Å²) in [5.74, 6) is 5.99. The van der Waals surface area contributed by atoms with Crippen LogP contribution in [0.2, 0.25) is 0 Å². The van der Waals surface area contributed by atoms with Gasteiger partial charge in [0.2, 0.25) is 0 Å². The molecule has 0 saturated carbocycles. The lowest BCUT2D eigenvalue weighted by atomic mass is 9.86. The van der Waals surface area contributed by atoms with Crippen molar-refractivity contribution in [1.29, 1.82) is 0 Å². The topological polar surface area (TPSA) is 58.9 Å². The zero-order valence-corrected chi connectivity index (χ0v) is 16.0. The van der Waals surface area contributed by atoms with E-state index in [9.17, 15) is 10.2 Å². The van der Waals surface area contributed by atoms with Crippen molar-refractivity contribution in [2.45, 2.75) is 39.9 Å². The van der Waals surface area contributed by atoms with Crippen LogP contribution in [0.25, 0.3) is 0 Å². The molecule has 138 valence electrons. The Balaban J connectivity index is 2.69. The SMILES string of the molecule is CC#CC(c1cc(COC)cc(C)c1O)c1cc(COC)cc(C)c1O. The molecule has 0 bridgehead atoms. The Morgan fingerprint density at radius 3 is 1.62 bits per heavy atom. The minimum absolute atomic E-state index is 0.187. The quantitative estimate of drug-likeness (QED) is 0.765. The number of phenolic OH excluding ortho intramolecular Hbond substituents is 2. The maximum atomic E-state index is 10.7. The fraction of sp³-hybridized carbons (Fsp3) is 0.364. The van der Waals surface area contributed by atoms with Gasteiger partial charge in [0.15, 0.2) is 0 Å². The largest absolute Gasteiger partial charge is 0.507 e. The molecule has 0 aromatic heterocycles. The van der Waals surface area contributed by atoms with Crippen molar-refractivity contribution in [3.63, 3.8) is 0 Å². The molecule has 0 atom stereocenters. The lowest BCUT2D eigenvalue weighted by molar-refractivity contribution is 0.184. The Morgan fingerprint density at radius 1 is 0.846 bits per heavy atom. The predicted molar refractivity (Wildman–Crippen MR) is 102 cm³/mol. The molecule has 0 unspecified atom stereocenters. The number of aryl methyl sites for hydroxylation is 2. The van der Waals surface area contributed by atoms with Crippen molar-refractivity contribution in [1.82, 2.24) is 0 Å². The van der Waals surface area contributed by atoms with Crippen LogP contribution >= 0.6 is 0 Å². The molecule has 0 heterocycles. The molecule has 0 saturated heterocycles. The molecule has 0 aliphatic heterocycles. The van der Waals surface area contributed by atoms with Crippen LogP contribution in [0.4, 0.5) is 0 Å². The van der Waals surface area contributed by atoms with E-state index in [1.54, 1.807) is 21.1 Å². The number of methoxy groups -OCH3 is 2. The second kappa shape index (κ2) is 8.75. The van der Waals surface area contributed by atoms with Gasteiger partial charge in [-0.3, -0.25) is 0 Å². The Labute approximate surface area is 155 Å². The van der Waals surface area contributed by atoms with Crippen LogP contribution in [-0.2, 0) is 22.7 Å². The van der Waals surface area contributed by atoms with Gasteiger partial charge in [0.1, 0.15) is 11.5 Å². The average Bonchev–Trinajstić information content (AvgIpc) is 2.60. The molecule has 26 heavy (non-hydrogen) atoms. The molecule has 0 fully saturated rings. The van der Waals surface area contributed by atoms with Crippen LogP contribution < -0.4 is 0 Å². The van der Waals surface area contributed by atoms with Crippen LogP contribution in [0, 0.1) is 25.7 Å². The second-order valence-electron chi connectivity index (χ2n) is 6.39. The number of benzene rings is 2. The highest BCUT2D eigenvalue weighted by atomic mass is 16.5. The highest BCUT2D eigenvalue weighted by Gasteiger charge is 2.22. The average molecular weight is 354 g/mol. The summed E-state index contributed by atoms with van der Waals surface area (Å²) in [6, 6.07) is 7.56. The van der Waals surface area contributed by atoms with Gasteiger partial charge in [0, 0.05) is 25.3 Å². The van der Waals surface area contributed by atoms with E-state index in [0.717, 1.165) is 22.3 Å². The predicted octanol–water partition coefficient (Wildman–Crippen LogP) is 4.16. The Morgan fingerprint density at radius 2 is 1.27 bits per heavy atom. The van der Waals surface area contributed by atoms with Crippen LogP contribution in [0.5, 0.6) is 11.5 Å². The number of ether oxygens (including phenoxy) is 2. The van der Waals surface area contributed by atoms with Gasteiger partial charge >= 0.3 is 0 Å². The van der Waals surface area contributed by atoms with Gasteiger partial charge in [-0.2, -0.15) is 0 Å². The maximum Gasteiger partial charge on any atom is 0.123 e. The first-order valence-electron chi connectivity index (χ1n) is 8.47. The molecule has 2 rings (SSSR count). The van der Waals surface area contributed by atoms with Crippen molar-refractivity contribution < 1.29 is 19.7 Å². The van der Waals surface area contributed by atoms with Crippen molar-refractivity contribution in [3.8, 4) is 23.3 Å². The summed E-state index contributed by atoms with van der Waals surface area (Å²) in [7, 11) is 3.27. The Bertz CT molecular complexity index is 782.